The van der Waals surface area contributed by atoms with Gasteiger partial charge in [0.25, 0.3) is 5.56 Å². The lowest BCUT2D eigenvalue weighted by molar-refractivity contribution is 0.413. The van der Waals surface area contributed by atoms with Gasteiger partial charge in [-0.05, 0) is 24.3 Å². The number of ether oxygens (including phenoxy) is 1. The summed E-state index contributed by atoms with van der Waals surface area (Å²) in [5.74, 6) is 0.210. The first-order chi connectivity index (χ1) is 11.7. The Balaban J connectivity index is 2.32. The van der Waals surface area contributed by atoms with Crippen LogP contribution in [0.1, 0.15) is 0 Å². The lowest BCUT2D eigenvalue weighted by Crippen LogP contribution is -2.20. The fraction of sp³-hybridized carbons (Fsp3) is 0.0526. The molecule has 0 aliphatic carbocycles. The van der Waals surface area contributed by atoms with Crippen LogP contribution in [0, 0.1) is 0 Å². The van der Waals surface area contributed by atoms with Crippen molar-refractivity contribution in [2.45, 2.75) is 0 Å². The van der Waals surface area contributed by atoms with E-state index in [0.29, 0.717) is 10.9 Å². The molecule has 0 N–H and O–H groups in total. The molecule has 0 aliphatic heterocycles. The maximum Gasteiger partial charge on any atom is 0.339 e. The van der Waals surface area contributed by atoms with Gasteiger partial charge in [0.2, 0.25) is 0 Å². The van der Waals surface area contributed by atoms with Gasteiger partial charge in [-0.3, -0.25) is 9.36 Å². The highest BCUT2D eigenvalue weighted by Gasteiger charge is 2.18. The van der Waals surface area contributed by atoms with Crippen LogP contribution >= 0.6 is 0 Å². The van der Waals surface area contributed by atoms with E-state index >= 15 is 0 Å². The van der Waals surface area contributed by atoms with Crippen LogP contribution in [-0.2, 0) is 0 Å². The van der Waals surface area contributed by atoms with Crippen molar-refractivity contribution >= 4 is 21.9 Å². The van der Waals surface area contributed by atoms with Gasteiger partial charge in [0.15, 0.2) is 5.58 Å². The monoisotopic (exact) mass is 319 g/mol. The molecule has 118 valence electrons. The van der Waals surface area contributed by atoms with Crippen molar-refractivity contribution in [3.05, 3.63) is 81.4 Å². The Morgan fingerprint density at radius 1 is 0.958 bits per heavy atom. The van der Waals surface area contributed by atoms with Crippen molar-refractivity contribution < 1.29 is 9.15 Å². The Labute approximate surface area is 136 Å². The second-order valence-electron chi connectivity index (χ2n) is 5.33. The van der Waals surface area contributed by atoms with E-state index in [0.717, 1.165) is 5.69 Å². The van der Waals surface area contributed by atoms with Gasteiger partial charge >= 0.3 is 5.63 Å². The minimum absolute atomic E-state index is 0.210. The number of nitrogens with zero attached hydrogens (tertiary/aromatic N) is 1. The first-order valence-corrected chi connectivity index (χ1v) is 7.42. The van der Waals surface area contributed by atoms with Crippen LogP contribution < -0.4 is 15.9 Å². The van der Waals surface area contributed by atoms with E-state index in [2.05, 4.69) is 0 Å². The molecule has 0 bridgehead atoms. The third kappa shape index (κ3) is 2.02. The van der Waals surface area contributed by atoms with Gasteiger partial charge in [-0.25, -0.2) is 4.79 Å². The Kier molecular flexibility index (Phi) is 3.20. The quantitative estimate of drug-likeness (QED) is 0.533. The first-order valence-electron chi connectivity index (χ1n) is 7.42. The number of fused-ring (bicyclic) bond motifs is 3. The van der Waals surface area contributed by atoms with Crippen molar-refractivity contribution in [2.75, 3.05) is 7.11 Å². The summed E-state index contributed by atoms with van der Waals surface area (Å²) in [7, 11) is 1.43. The average molecular weight is 319 g/mol. The normalized spacial score (nSPS) is 11.0. The smallest absolute Gasteiger partial charge is 0.339 e. The molecule has 0 fully saturated rings. The Morgan fingerprint density at radius 2 is 1.67 bits per heavy atom. The van der Waals surface area contributed by atoms with Crippen molar-refractivity contribution in [3.8, 4) is 11.4 Å². The molecule has 4 rings (SSSR count). The molecule has 0 radical (unpaired) electrons. The molecule has 0 unspecified atom stereocenters. The molecular formula is C19H13NO4. The summed E-state index contributed by atoms with van der Waals surface area (Å²) in [4.78, 5) is 25.0. The van der Waals surface area contributed by atoms with E-state index in [1.54, 1.807) is 4.57 Å². The Morgan fingerprint density at radius 3 is 2.42 bits per heavy atom. The predicted octanol–water partition coefficient (Wildman–Crippen LogP) is 3.11. The first kappa shape index (κ1) is 14.3. The van der Waals surface area contributed by atoms with Crippen LogP contribution in [0.4, 0.5) is 0 Å². The van der Waals surface area contributed by atoms with Crippen LogP contribution in [0.25, 0.3) is 27.6 Å². The van der Waals surface area contributed by atoms with E-state index in [4.69, 9.17) is 9.15 Å². The number of aromatic nitrogens is 1. The second-order valence-corrected chi connectivity index (χ2v) is 5.33. The molecular weight excluding hydrogens is 306 g/mol. The van der Waals surface area contributed by atoms with Gasteiger partial charge in [-0.2, -0.15) is 0 Å². The molecule has 24 heavy (non-hydrogen) atoms. The van der Waals surface area contributed by atoms with Gasteiger partial charge in [0.05, 0.1) is 18.7 Å². The van der Waals surface area contributed by atoms with E-state index in [1.165, 1.54) is 13.2 Å². The summed E-state index contributed by atoms with van der Waals surface area (Å²) >= 11 is 0. The van der Waals surface area contributed by atoms with Crippen molar-refractivity contribution in [3.63, 3.8) is 0 Å². The van der Waals surface area contributed by atoms with E-state index in [-0.39, 0.29) is 22.3 Å². The van der Waals surface area contributed by atoms with Crippen LogP contribution in [0.2, 0.25) is 0 Å². The number of benzene rings is 2. The summed E-state index contributed by atoms with van der Waals surface area (Å²) in [6, 6.07) is 17.8. The molecule has 2 heterocycles. The third-order valence-electron chi connectivity index (χ3n) is 3.97. The van der Waals surface area contributed by atoms with Gasteiger partial charge in [0, 0.05) is 11.1 Å². The van der Waals surface area contributed by atoms with E-state index < -0.39 is 5.63 Å². The number of rotatable bonds is 2. The minimum Gasteiger partial charge on any atom is -0.495 e. The van der Waals surface area contributed by atoms with Crippen LogP contribution in [0.3, 0.4) is 0 Å². The van der Waals surface area contributed by atoms with Crippen LogP contribution in [0.5, 0.6) is 5.75 Å². The number of hydrogen-bond donors (Lipinski definition) is 0. The largest absolute Gasteiger partial charge is 0.495 e. The zero-order valence-electron chi connectivity index (χ0n) is 12.9. The lowest BCUT2D eigenvalue weighted by Gasteiger charge is -2.13. The summed E-state index contributed by atoms with van der Waals surface area (Å²) < 4.78 is 12.2. The third-order valence-corrected chi connectivity index (χ3v) is 3.97. The van der Waals surface area contributed by atoms with Crippen LogP contribution in [0.15, 0.2) is 74.7 Å². The molecule has 0 atom stereocenters. The summed E-state index contributed by atoms with van der Waals surface area (Å²) in [6.45, 7) is 0. The fourth-order valence-corrected chi connectivity index (χ4v) is 2.94. The lowest BCUT2D eigenvalue weighted by atomic mass is 10.1. The molecule has 4 aromatic rings. The topological polar surface area (TPSA) is 61.4 Å². The average Bonchev–Trinajstić information content (AvgIpc) is 2.62. The molecule has 0 spiro atoms. The molecule has 5 heteroatoms. The standard InChI is InChI=1S/C19H13NO4/c1-23-15-11-16(21)24-18-13-9-5-6-10-14(13)20(19(22)17(15)18)12-7-3-2-4-8-12/h2-11H,1H3. The Hall–Kier alpha value is -3.34. The highest BCUT2D eigenvalue weighted by Crippen LogP contribution is 2.28. The highest BCUT2D eigenvalue weighted by molar-refractivity contribution is 6.04. The molecule has 0 saturated heterocycles. The predicted molar refractivity (Wildman–Crippen MR) is 92.1 cm³/mol. The number of pyridine rings is 1. The highest BCUT2D eigenvalue weighted by atomic mass is 16.5. The zero-order valence-corrected chi connectivity index (χ0v) is 12.9. The number of hydrogen-bond acceptors (Lipinski definition) is 4. The molecule has 0 aliphatic rings. The van der Waals surface area contributed by atoms with Gasteiger partial charge in [0.1, 0.15) is 11.1 Å². The maximum atomic E-state index is 13.2. The molecule has 0 amide bonds. The molecule has 0 saturated carbocycles. The second kappa shape index (κ2) is 5.38. The van der Waals surface area contributed by atoms with Gasteiger partial charge in [-0.15, -0.1) is 0 Å². The van der Waals surface area contributed by atoms with Crippen molar-refractivity contribution in [2.24, 2.45) is 0 Å². The van der Waals surface area contributed by atoms with E-state index in [1.807, 2.05) is 54.6 Å². The maximum absolute atomic E-state index is 13.2. The van der Waals surface area contributed by atoms with E-state index in [9.17, 15) is 9.59 Å². The molecule has 5 nitrogen and oxygen atoms in total. The minimum atomic E-state index is -0.554. The van der Waals surface area contributed by atoms with Gasteiger partial charge < -0.3 is 9.15 Å². The molecule has 2 aromatic carbocycles. The SMILES string of the molecule is COc1cc(=O)oc2c1c(=O)n(-c1ccccc1)c1ccccc21. The summed E-state index contributed by atoms with van der Waals surface area (Å²) in [6.07, 6.45) is 0. The van der Waals surface area contributed by atoms with Crippen molar-refractivity contribution in [1.29, 1.82) is 0 Å². The zero-order chi connectivity index (χ0) is 16.7. The van der Waals surface area contributed by atoms with Gasteiger partial charge in [-0.1, -0.05) is 30.3 Å². The fourth-order valence-electron chi connectivity index (χ4n) is 2.94. The van der Waals surface area contributed by atoms with Crippen molar-refractivity contribution in [1.82, 2.24) is 4.57 Å². The molecule has 2 aromatic heterocycles. The number of methoxy groups -OCH3 is 1. The summed E-state index contributed by atoms with van der Waals surface area (Å²) in [5.41, 5.74) is 0.787. The van der Waals surface area contributed by atoms with Crippen LogP contribution in [-0.4, -0.2) is 11.7 Å². The number of para-hydroxylation sites is 2. The summed E-state index contributed by atoms with van der Waals surface area (Å²) in [5, 5.41) is 0.923. The Bertz CT molecular complexity index is 1170.